The molecule has 6 rings (SSSR count). The van der Waals surface area contributed by atoms with Gasteiger partial charge < -0.3 is 25.0 Å². The van der Waals surface area contributed by atoms with Gasteiger partial charge in [0.05, 0.1) is 18.1 Å². The molecule has 2 atom stereocenters. The van der Waals surface area contributed by atoms with Gasteiger partial charge in [0.25, 0.3) is 5.91 Å². The van der Waals surface area contributed by atoms with E-state index in [9.17, 15) is 37.1 Å². The SMILES string of the molecule is CC(C)(CCC(=O)N1CC2CC(c3ccc(CCCOc4c(F)ccc(F)c4F)cc3)=C(C(=O)N(Cc3ccccc3F)C3CC3)C(C1)N2)C(=O)O. The second-order valence-electron chi connectivity index (χ2n) is 14.6. The maximum absolute atomic E-state index is 14.8. The second kappa shape index (κ2) is 15.5. The van der Waals surface area contributed by atoms with Gasteiger partial charge in [-0.2, -0.15) is 4.39 Å². The first-order valence-electron chi connectivity index (χ1n) is 17.7. The van der Waals surface area contributed by atoms with E-state index in [1.807, 2.05) is 24.3 Å². The molecular formula is C40H43F4N3O5. The van der Waals surface area contributed by atoms with Crippen molar-refractivity contribution in [1.29, 1.82) is 0 Å². The number of carbonyl (C=O) groups excluding carboxylic acids is 2. The monoisotopic (exact) mass is 721 g/mol. The Bertz CT molecular complexity index is 1860. The maximum Gasteiger partial charge on any atom is 0.309 e. The van der Waals surface area contributed by atoms with E-state index in [2.05, 4.69) is 5.32 Å². The summed E-state index contributed by atoms with van der Waals surface area (Å²) in [5, 5.41) is 13.1. The van der Waals surface area contributed by atoms with Crippen molar-refractivity contribution in [3.63, 3.8) is 0 Å². The number of halogens is 4. The van der Waals surface area contributed by atoms with Crippen LogP contribution in [0.25, 0.3) is 5.57 Å². The van der Waals surface area contributed by atoms with E-state index in [0.29, 0.717) is 43.0 Å². The minimum absolute atomic E-state index is 0.0279. The van der Waals surface area contributed by atoms with Crippen LogP contribution in [-0.4, -0.2) is 70.5 Å². The van der Waals surface area contributed by atoms with Crippen LogP contribution in [0, 0.1) is 28.7 Å². The normalized spacial score (nSPS) is 18.7. The zero-order valence-corrected chi connectivity index (χ0v) is 29.3. The summed E-state index contributed by atoms with van der Waals surface area (Å²) in [5.74, 6) is -6.00. The Kier molecular flexibility index (Phi) is 11.0. The molecule has 52 heavy (non-hydrogen) atoms. The van der Waals surface area contributed by atoms with E-state index in [1.165, 1.54) is 6.07 Å². The van der Waals surface area contributed by atoms with Crippen LogP contribution in [0.4, 0.5) is 17.6 Å². The predicted molar refractivity (Wildman–Crippen MR) is 186 cm³/mol. The van der Waals surface area contributed by atoms with Crippen molar-refractivity contribution in [2.45, 2.75) is 83.5 Å². The molecule has 1 aliphatic carbocycles. The summed E-state index contributed by atoms with van der Waals surface area (Å²) in [6.07, 6.45) is 3.26. The number of carboxylic acid groups (broad SMARTS) is 1. The molecule has 0 radical (unpaired) electrons. The summed E-state index contributed by atoms with van der Waals surface area (Å²) in [4.78, 5) is 43.2. The van der Waals surface area contributed by atoms with E-state index in [0.717, 1.165) is 35.6 Å². The van der Waals surface area contributed by atoms with Crippen LogP contribution in [0.15, 0.2) is 66.2 Å². The number of aliphatic carboxylic acids is 1. The molecule has 3 aromatic rings. The number of rotatable bonds is 14. The molecule has 3 aliphatic rings. The lowest BCUT2D eigenvalue weighted by atomic mass is 9.82. The van der Waals surface area contributed by atoms with Gasteiger partial charge in [-0.1, -0.05) is 42.5 Å². The smallest absolute Gasteiger partial charge is 0.309 e. The number of carboxylic acids is 1. The van der Waals surface area contributed by atoms with Gasteiger partial charge in [0, 0.05) is 49.3 Å². The molecule has 2 amide bonds. The fourth-order valence-electron chi connectivity index (χ4n) is 6.94. The molecule has 2 N–H and O–H groups in total. The van der Waals surface area contributed by atoms with Gasteiger partial charge >= 0.3 is 5.97 Å². The highest BCUT2D eigenvalue weighted by atomic mass is 19.2. The van der Waals surface area contributed by atoms with Gasteiger partial charge in [0.1, 0.15) is 5.82 Å². The Morgan fingerprint density at radius 1 is 0.942 bits per heavy atom. The summed E-state index contributed by atoms with van der Waals surface area (Å²) in [6, 6.07) is 15.0. The minimum Gasteiger partial charge on any atom is -0.488 e. The lowest BCUT2D eigenvalue weighted by molar-refractivity contribution is -0.148. The molecule has 276 valence electrons. The number of benzene rings is 3. The molecule has 2 heterocycles. The van der Waals surface area contributed by atoms with E-state index in [-0.39, 0.29) is 62.3 Å². The summed E-state index contributed by atoms with van der Waals surface area (Å²) in [7, 11) is 0. The Balaban J connectivity index is 1.23. The summed E-state index contributed by atoms with van der Waals surface area (Å²) in [6.45, 7) is 3.91. The average molecular weight is 722 g/mol. The lowest BCUT2D eigenvalue weighted by Gasteiger charge is -2.45. The Labute approximate surface area is 300 Å². The minimum atomic E-state index is -1.36. The van der Waals surface area contributed by atoms with E-state index >= 15 is 0 Å². The van der Waals surface area contributed by atoms with Gasteiger partial charge in [-0.05, 0) is 87.3 Å². The molecule has 2 aliphatic heterocycles. The highest BCUT2D eigenvalue weighted by Gasteiger charge is 2.43. The summed E-state index contributed by atoms with van der Waals surface area (Å²) >= 11 is 0. The molecule has 1 saturated heterocycles. The average Bonchev–Trinajstić information content (AvgIpc) is 3.97. The molecular weight excluding hydrogens is 678 g/mol. The first-order chi connectivity index (χ1) is 24.8. The van der Waals surface area contributed by atoms with Crippen LogP contribution in [0.5, 0.6) is 5.75 Å². The molecule has 2 bridgehead atoms. The maximum atomic E-state index is 14.8. The largest absolute Gasteiger partial charge is 0.488 e. The molecule has 8 nitrogen and oxygen atoms in total. The zero-order chi connectivity index (χ0) is 37.2. The lowest BCUT2D eigenvalue weighted by Crippen LogP contribution is -2.62. The van der Waals surface area contributed by atoms with Gasteiger partial charge in [0.15, 0.2) is 17.4 Å². The van der Waals surface area contributed by atoms with Crippen molar-refractivity contribution in [2.75, 3.05) is 19.7 Å². The number of amides is 2. The van der Waals surface area contributed by atoms with Gasteiger partial charge in [0.2, 0.25) is 11.7 Å². The number of aryl methyl sites for hydroxylation is 1. The van der Waals surface area contributed by atoms with Gasteiger partial charge in [-0.15, -0.1) is 0 Å². The van der Waals surface area contributed by atoms with Crippen molar-refractivity contribution in [3.05, 3.63) is 106 Å². The highest BCUT2D eigenvalue weighted by molar-refractivity contribution is 6.03. The third kappa shape index (κ3) is 8.33. The van der Waals surface area contributed by atoms with Crippen LogP contribution in [0.2, 0.25) is 0 Å². The van der Waals surface area contributed by atoms with Crippen LogP contribution in [0.1, 0.15) is 69.1 Å². The van der Waals surface area contributed by atoms with Crippen molar-refractivity contribution in [2.24, 2.45) is 5.41 Å². The number of nitrogens with zero attached hydrogens (tertiary/aromatic N) is 2. The number of nitrogens with one attached hydrogen (secondary N) is 1. The second-order valence-corrected chi connectivity index (χ2v) is 14.6. The number of hydrogen-bond donors (Lipinski definition) is 2. The number of carbonyl (C=O) groups is 3. The van der Waals surface area contributed by atoms with E-state index in [4.69, 9.17) is 4.74 Å². The van der Waals surface area contributed by atoms with Gasteiger partial charge in [-0.3, -0.25) is 14.4 Å². The Morgan fingerprint density at radius 2 is 1.65 bits per heavy atom. The van der Waals surface area contributed by atoms with Crippen LogP contribution in [-0.2, 0) is 27.3 Å². The molecule has 0 spiro atoms. The topological polar surface area (TPSA) is 99.2 Å². The Morgan fingerprint density at radius 3 is 2.35 bits per heavy atom. The first kappa shape index (κ1) is 37.1. The van der Waals surface area contributed by atoms with Crippen LogP contribution >= 0.6 is 0 Å². The molecule has 2 fully saturated rings. The zero-order valence-electron chi connectivity index (χ0n) is 29.3. The summed E-state index contributed by atoms with van der Waals surface area (Å²) < 4.78 is 61.5. The predicted octanol–water partition coefficient (Wildman–Crippen LogP) is 6.66. The summed E-state index contributed by atoms with van der Waals surface area (Å²) in [5.41, 5.74) is 2.52. The van der Waals surface area contributed by atoms with Gasteiger partial charge in [-0.25, -0.2) is 13.2 Å². The van der Waals surface area contributed by atoms with E-state index < -0.39 is 40.6 Å². The third-order valence-electron chi connectivity index (χ3n) is 10.2. The fourth-order valence-corrected chi connectivity index (χ4v) is 6.94. The van der Waals surface area contributed by atoms with Crippen molar-refractivity contribution in [3.8, 4) is 5.75 Å². The Hall–Kier alpha value is -4.71. The molecule has 12 heteroatoms. The molecule has 1 saturated carbocycles. The molecule has 0 aromatic heterocycles. The number of fused-ring (bicyclic) bond motifs is 2. The van der Waals surface area contributed by atoms with Crippen LogP contribution in [0.3, 0.4) is 0 Å². The molecule has 3 aromatic carbocycles. The van der Waals surface area contributed by atoms with Crippen LogP contribution < -0.4 is 10.1 Å². The quantitative estimate of drug-likeness (QED) is 0.110. The van der Waals surface area contributed by atoms with Crippen molar-refractivity contribution in [1.82, 2.24) is 15.1 Å². The number of piperazine rings is 1. The fraction of sp³-hybridized carbons (Fsp3) is 0.425. The standard InChI is InChI=1S/C40H43F4N3O5/c1-40(2,39(50)51)18-17-34(48)46-22-27-20-29(25-11-9-24(10-12-25)6-5-19-52-37-32(43)16-15-31(42)36(37)44)35(33(23-46)45-27)38(49)47(28-13-14-28)21-26-7-3-4-8-30(26)41/h3-4,7-12,15-16,27-28,33,45H,5-6,13-14,17-23H2,1-2H3,(H,50,51). The highest BCUT2D eigenvalue weighted by Crippen LogP contribution is 2.38. The van der Waals surface area contributed by atoms with E-state index in [1.54, 1.807) is 41.8 Å². The first-order valence-corrected chi connectivity index (χ1v) is 17.7. The number of ether oxygens (including phenoxy) is 1. The van der Waals surface area contributed by atoms with Crippen molar-refractivity contribution < 1.29 is 41.8 Å². The van der Waals surface area contributed by atoms with Crippen molar-refractivity contribution >= 4 is 23.4 Å². The third-order valence-corrected chi connectivity index (χ3v) is 10.2. The molecule has 2 unspecified atom stereocenters. The number of hydrogen-bond acceptors (Lipinski definition) is 5.